The number of aliphatic imine (C=N–C) groups is 1. The minimum Gasteiger partial charge on any atom is -0.347 e. The van der Waals surface area contributed by atoms with E-state index in [9.17, 15) is 4.39 Å². The second-order valence-electron chi connectivity index (χ2n) is 8.77. The van der Waals surface area contributed by atoms with Crippen molar-refractivity contribution in [3.05, 3.63) is 70.6 Å². The first-order valence-corrected chi connectivity index (χ1v) is 12.6. The molecule has 1 aromatic carbocycles. The molecule has 2 unspecified atom stereocenters. The number of rotatable bonds is 11. The number of hydrogen-bond donors (Lipinski definition) is 3. The Morgan fingerprint density at radius 2 is 2.03 bits per heavy atom. The molecule has 5 nitrogen and oxygen atoms in total. The monoisotopic (exact) mass is 467 g/mol. The van der Waals surface area contributed by atoms with Crippen LogP contribution in [0.25, 0.3) is 10.4 Å². The normalized spacial score (nSPS) is 18.5. The van der Waals surface area contributed by atoms with Gasteiger partial charge in [0.25, 0.3) is 0 Å². The molecule has 7 heteroatoms. The van der Waals surface area contributed by atoms with Gasteiger partial charge in [-0.2, -0.15) is 0 Å². The third kappa shape index (κ3) is 6.18. The summed E-state index contributed by atoms with van der Waals surface area (Å²) < 4.78 is 15.5. The number of nitrogens with zero attached hydrogens (tertiary/aromatic N) is 2. The molecule has 2 atom stereocenters. The quantitative estimate of drug-likeness (QED) is 0.213. The molecule has 1 aliphatic rings. The predicted octanol–water partition coefficient (Wildman–Crippen LogP) is 4.94. The average molecular weight is 468 g/mol. The van der Waals surface area contributed by atoms with E-state index in [0.29, 0.717) is 18.6 Å². The van der Waals surface area contributed by atoms with E-state index >= 15 is 0 Å². The zero-order valence-corrected chi connectivity index (χ0v) is 20.3. The summed E-state index contributed by atoms with van der Waals surface area (Å²) in [4.78, 5) is 5.84. The minimum atomic E-state index is -0.182. The molecule has 0 bridgehead atoms. The molecule has 4 rings (SSSR count). The zero-order valence-electron chi connectivity index (χ0n) is 19.5. The molecule has 3 N–H and O–H groups in total. The fraction of sp³-hybridized carbons (Fsp3) is 0.423. The van der Waals surface area contributed by atoms with Gasteiger partial charge in [0.05, 0.1) is 6.67 Å². The molecule has 2 heterocycles. The van der Waals surface area contributed by atoms with Gasteiger partial charge in [0.1, 0.15) is 5.82 Å². The van der Waals surface area contributed by atoms with E-state index in [2.05, 4.69) is 56.4 Å². The number of hydrogen-bond acceptors (Lipinski definition) is 5. The van der Waals surface area contributed by atoms with Crippen molar-refractivity contribution in [1.82, 2.24) is 20.7 Å². The Bertz CT molecular complexity index is 1030. The summed E-state index contributed by atoms with van der Waals surface area (Å²) >= 11 is 1.78. The second kappa shape index (κ2) is 11.7. The molecule has 1 fully saturated rings. The van der Waals surface area contributed by atoms with E-state index in [-0.39, 0.29) is 5.82 Å². The van der Waals surface area contributed by atoms with Crippen LogP contribution in [0.2, 0.25) is 0 Å². The van der Waals surface area contributed by atoms with Gasteiger partial charge in [-0.05, 0) is 74.7 Å². The van der Waals surface area contributed by atoms with Crippen LogP contribution in [0, 0.1) is 18.7 Å². The van der Waals surface area contributed by atoms with Crippen LogP contribution in [0.1, 0.15) is 42.1 Å². The summed E-state index contributed by atoms with van der Waals surface area (Å²) in [6.07, 6.45) is 8.85. The number of aromatic nitrogens is 1. The number of hydrazine groups is 1. The van der Waals surface area contributed by atoms with Crippen molar-refractivity contribution in [3.63, 3.8) is 0 Å². The van der Waals surface area contributed by atoms with Crippen LogP contribution >= 0.6 is 11.3 Å². The Kier molecular flexibility index (Phi) is 8.45. The zero-order chi connectivity index (χ0) is 23.0. The van der Waals surface area contributed by atoms with E-state index in [0.717, 1.165) is 25.1 Å². The van der Waals surface area contributed by atoms with Gasteiger partial charge < -0.3 is 9.88 Å². The standard InChI is InChI=1S/C26H34FN5S/c1-19-24(16-29-18-28-2)25(26-4-3-13-33-26)17-32(19)23-10-7-21(14-23)15-31-30-12-11-20-5-8-22(27)9-6-20/h3-6,8-9,13,16-17,21,23,28,30-31H,7,10-12,14-15,18H2,1-2H3/b29-16-. The Labute approximate surface area is 200 Å². The van der Waals surface area contributed by atoms with Crippen LogP contribution in [0.15, 0.2) is 53.0 Å². The van der Waals surface area contributed by atoms with E-state index in [1.165, 1.54) is 53.1 Å². The molecular weight excluding hydrogens is 433 g/mol. The van der Waals surface area contributed by atoms with Crippen molar-refractivity contribution >= 4 is 17.6 Å². The third-order valence-electron chi connectivity index (χ3n) is 6.47. The molecule has 1 saturated carbocycles. The lowest BCUT2D eigenvalue weighted by molar-refractivity contribution is 0.415. The summed E-state index contributed by atoms with van der Waals surface area (Å²) in [6, 6.07) is 11.6. The third-order valence-corrected chi connectivity index (χ3v) is 7.37. The molecule has 33 heavy (non-hydrogen) atoms. The Balaban J connectivity index is 1.31. The molecular formula is C26H34FN5S. The van der Waals surface area contributed by atoms with E-state index < -0.39 is 0 Å². The first-order valence-electron chi connectivity index (χ1n) is 11.8. The highest BCUT2D eigenvalue weighted by Gasteiger charge is 2.28. The van der Waals surface area contributed by atoms with Crippen molar-refractivity contribution < 1.29 is 4.39 Å². The number of nitrogens with one attached hydrogen (secondary N) is 3. The Hall–Kier alpha value is -2.32. The van der Waals surface area contributed by atoms with Gasteiger partial charge in [0.2, 0.25) is 0 Å². The first kappa shape index (κ1) is 23.8. The maximum Gasteiger partial charge on any atom is 0.123 e. The van der Waals surface area contributed by atoms with E-state index in [1.54, 1.807) is 11.3 Å². The summed E-state index contributed by atoms with van der Waals surface area (Å²) in [7, 11) is 1.92. The summed E-state index contributed by atoms with van der Waals surface area (Å²) in [6.45, 7) is 4.65. The molecule has 176 valence electrons. The summed E-state index contributed by atoms with van der Waals surface area (Å²) in [5.74, 6) is 0.472. The van der Waals surface area contributed by atoms with Crippen molar-refractivity contribution in [2.24, 2.45) is 10.9 Å². The van der Waals surface area contributed by atoms with Crippen molar-refractivity contribution in [2.75, 3.05) is 26.8 Å². The lowest BCUT2D eigenvalue weighted by Crippen LogP contribution is -2.36. The molecule has 1 aliphatic carbocycles. The smallest absolute Gasteiger partial charge is 0.123 e. The summed E-state index contributed by atoms with van der Waals surface area (Å²) in [5, 5.41) is 5.23. The molecule has 0 aliphatic heterocycles. The fourth-order valence-corrected chi connectivity index (χ4v) is 5.44. The van der Waals surface area contributed by atoms with Crippen molar-refractivity contribution in [2.45, 2.75) is 38.6 Å². The predicted molar refractivity (Wildman–Crippen MR) is 136 cm³/mol. The maximum absolute atomic E-state index is 13.0. The minimum absolute atomic E-state index is 0.182. The van der Waals surface area contributed by atoms with Crippen LogP contribution in [0.4, 0.5) is 4.39 Å². The molecule has 0 saturated heterocycles. The van der Waals surface area contributed by atoms with Gasteiger partial charge in [-0.15, -0.1) is 11.3 Å². The fourth-order valence-electron chi connectivity index (χ4n) is 4.69. The van der Waals surface area contributed by atoms with Crippen LogP contribution in [0.5, 0.6) is 0 Å². The van der Waals surface area contributed by atoms with Crippen LogP contribution in [0.3, 0.4) is 0 Å². The largest absolute Gasteiger partial charge is 0.347 e. The second-order valence-corrected chi connectivity index (χ2v) is 9.71. The van der Waals surface area contributed by atoms with Crippen LogP contribution < -0.4 is 16.2 Å². The van der Waals surface area contributed by atoms with Crippen molar-refractivity contribution in [3.8, 4) is 10.4 Å². The highest BCUT2D eigenvalue weighted by atomic mass is 32.1. The molecule has 2 aromatic heterocycles. The van der Waals surface area contributed by atoms with Gasteiger partial charge in [-0.25, -0.2) is 4.39 Å². The van der Waals surface area contributed by atoms with Gasteiger partial charge in [-0.3, -0.25) is 15.8 Å². The van der Waals surface area contributed by atoms with Gasteiger partial charge in [0, 0.05) is 53.2 Å². The Morgan fingerprint density at radius 3 is 2.79 bits per heavy atom. The lowest BCUT2D eigenvalue weighted by Gasteiger charge is -2.16. The van der Waals surface area contributed by atoms with Crippen LogP contribution in [-0.2, 0) is 6.42 Å². The van der Waals surface area contributed by atoms with Gasteiger partial charge in [0.15, 0.2) is 0 Å². The number of halogens is 1. The summed E-state index contributed by atoms with van der Waals surface area (Å²) in [5.41, 5.74) is 11.7. The van der Waals surface area contributed by atoms with Gasteiger partial charge in [-0.1, -0.05) is 18.2 Å². The Morgan fingerprint density at radius 1 is 1.18 bits per heavy atom. The van der Waals surface area contributed by atoms with Crippen molar-refractivity contribution in [1.29, 1.82) is 0 Å². The first-order chi connectivity index (χ1) is 16.2. The van der Waals surface area contributed by atoms with Gasteiger partial charge >= 0.3 is 0 Å². The molecule has 0 amide bonds. The lowest BCUT2D eigenvalue weighted by atomic mass is 10.1. The van der Waals surface area contributed by atoms with Crippen LogP contribution in [-0.4, -0.2) is 37.6 Å². The topological polar surface area (TPSA) is 53.4 Å². The maximum atomic E-state index is 13.0. The number of benzene rings is 1. The SMILES string of the molecule is CNC/N=C\c1c(-c2cccs2)cn(C2CCC(CNNCCc3ccc(F)cc3)C2)c1C. The molecule has 0 spiro atoms. The highest BCUT2D eigenvalue weighted by molar-refractivity contribution is 7.13. The number of thiophene rings is 1. The average Bonchev–Trinajstić information content (AvgIpc) is 3.56. The highest BCUT2D eigenvalue weighted by Crippen LogP contribution is 2.39. The molecule has 3 aromatic rings. The van der Waals surface area contributed by atoms with E-state index in [4.69, 9.17) is 0 Å². The molecule has 0 radical (unpaired) electrons. The van der Waals surface area contributed by atoms with E-state index in [1.807, 2.05) is 25.4 Å².